The molecule has 1 fully saturated rings. The van der Waals surface area contributed by atoms with Crippen molar-refractivity contribution >= 4 is 5.91 Å². The van der Waals surface area contributed by atoms with Gasteiger partial charge in [0.15, 0.2) is 0 Å². The van der Waals surface area contributed by atoms with Crippen molar-refractivity contribution in [1.29, 1.82) is 0 Å². The molecular weight excluding hydrogens is 152 g/mol. The summed E-state index contributed by atoms with van der Waals surface area (Å²) in [5, 5.41) is 2.79. The number of nitrogens with zero attached hydrogens (tertiary/aromatic N) is 1. The summed E-state index contributed by atoms with van der Waals surface area (Å²) in [6.45, 7) is 4.93. The number of hydrogen-bond acceptors (Lipinski definition) is 2. The van der Waals surface area contributed by atoms with Crippen molar-refractivity contribution < 1.29 is 4.79 Å². The third kappa shape index (κ3) is 1.99. The van der Waals surface area contributed by atoms with Crippen molar-refractivity contribution in [2.75, 3.05) is 26.2 Å². The molecule has 0 bridgehead atoms. The smallest absolute Gasteiger partial charge is 0.225 e. The molecule has 3 heteroatoms. The SMILES string of the molecule is C#CCN1CC(C(=O)NCC)C1. The van der Waals surface area contributed by atoms with Crippen molar-refractivity contribution in [3.8, 4) is 12.3 Å². The summed E-state index contributed by atoms with van der Waals surface area (Å²) in [6, 6.07) is 0. The van der Waals surface area contributed by atoms with E-state index in [2.05, 4.69) is 16.1 Å². The molecule has 0 unspecified atom stereocenters. The van der Waals surface area contributed by atoms with Crippen LogP contribution in [0.2, 0.25) is 0 Å². The van der Waals surface area contributed by atoms with E-state index in [1.165, 1.54) is 0 Å². The molecule has 3 nitrogen and oxygen atoms in total. The van der Waals surface area contributed by atoms with Gasteiger partial charge < -0.3 is 5.32 Å². The molecule has 0 aromatic rings. The van der Waals surface area contributed by atoms with Gasteiger partial charge in [-0.05, 0) is 6.92 Å². The Morgan fingerprint density at radius 2 is 2.42 bits per heavy atom. The molecule has 66 valence electrons. The largest absolute Gasteiger partial charge is 0.356 e. The normalized spacial score (nSPS) is 18.0. The average Bonchev–Trinajstić information content (AvgIpc) is 1.96. The molecule has 1 aliphatic heterocycles. The highest BCUT2D eigenvalue weighted by atomic mass is 16.2. The zero-order valence-electron chi connectivity index (χ0n) is 7.34. The summed E-state index contributed by atoms with van der Waals surface area (Å²) < 4.78 is 0. The zero-order valence-corrected chi connectivity index (χ0v) is 7.34. The van der Waals surface area contributed by atoms with Gasteiger partial charge in [-0.2, -0.15) is 0 Å². The number of nitrogens with one attached hydrogen (secondary N) is 1. The van der Waals surface area contributed by atoms with Crippen LogP contribution in [0.4, 0.5) is 0 Å². The van der Waals surface area contributed by atoms with Gasteiger partial charge in [0, 0.05) is 19.6 Å². The summed E-state index contributed by atoms with van der Waals surface area (Å²) in [5.41, 5.74) is 0. The van der Waals surface area contributed by atoms with Crippen LogP contribution in [0, 0.1) is 18.3 Å². The van der Waals surface area contributed by atoms with Crippen molar-refractivity contribution in [3.63, 3.8) is 0 Å². The minimum atomic E-state index is 0.158. The molecule has 1 rings (SSSR count). The van der Waals surface area contributed by atoms with Crippen molar-refractivity contribution in [2.24, 2.45) is 5.92 Å². The lowest BCUT2D eigenvalue weighted by molar-refractivity contribution is -0.129. The summed E-state index contributed by atoms with van der Waals surface area (Å²) in [5.74, 6) is 2.88. The number of terminal acetylenes is 1. The molecule has 0 saturated carbocycles. The zero-order chi connectivity index (χ0) is 8.97. The monoisotopic (exact) mass is 166 g/mol. The molecule has 0 spiro atoms. The van der Waals surface area contributed by atoms with Crippen LogP contribution in [-0.2, 0) is 4.79 Å². The molecule has 0 aliphatic carbocycles. The van der Waals surface area contributed by atoms with Crippen molar-refractivity contribution in [2.45, 2.75) is 6.92 Å². The van der Waals surface area contributed by atoms with E-state index in [9.17, 15) is 4.79 Å². The lowest BCUT2D eigenvalue weighted by Gasteiger charge is -2.36. The molecule has 1 heterocycles. The van der Waals surface area contributed by atoms with Gasteiger partial charge in [-0.25, -0.2) is 0 Å². The molecule has 1 aliphatic rings. The van der Waals surface area contributed by atoms with Gasteiger partial charge in [-0.3, -0.25) is 9.69 Å². The van der Waals surface area contributed by atoms with Crippen molar-refractivity contribution in [3.05, 3.63) is 0 Å². The lowest BCUT2D eigenvalue weighted by atomic mass is 9.99. The second kappa shape index (κ2) is 4.13. The van der Waals surface area contributed by atoms with Gasteiger partial charge in [0.1, 0.15) is 0 Å². The Kier molecular flexibility index (Phi) is 3.12. The van der Waals surface area contributed by atoms with E-state index in [-0.39, 0.29) is 11.8 Å². The van der Waals surface area contributed by atoms with E-state index in [4.69, 9.17) is 6.42 Å². The Hall–Kier alpha value is -1.01. The molecular formula is C9H14N2O. The van der Waals surface area contributed by atoms with Gasteiger partial charge in [0.25, 0.3) is 0 Å². The standard InChI is InChI=1S/C9H14N2O/c1-3-5-11-6-8(7-11)9(12)10-4-2/h1,8H,4-7H2,2H3,(H,10,12). The van der Waals surface area contributed by atoms with Crippen LogP contribution in [0.5, 0.6) is 0 Å². The van der Waals surface area contributed by atoms with Gasteiger partial charge in [-0.15, -0.1) is 6.42 Å². The third-order valence-electron chi connectivity index (χ3n) is 1.99. The van der Waals surface area contributed by atoms with Crippen LogP contribution >= 0.6 is 0 Å². The molecule has 1 N–H and O–H groups in total. The number of rotatable bonds is 3. The molecule has 0 aromatic heterocycles. The van der Waals surface area contributed by atoms with Crippen LogP contribution in [0.3, 0.4) is 0 Å². The highest BCUT2D eigenvalue weighted by molar-refractivity contribution is 5.79. The molecule has 1 saturated heterocycles. The van der Waals surface area contributed by atoms with Crippen LogP contribution in [0.1, 0.15) is 6.92 Å². The maximum Gasteiger partial charge on any atom is 0.225 e. The summed E-state index contributed by atoms with van der Waals surface area (Å²) in [4.78, 5) is 13.3. The van der Waals surface area contributed by atoms with E-state index < -0.39 is 0 Å². The first-order valence-electron chi connectivity index (χ1n) is 4.21. The Balaban J connectivity index is 2.17. The second-order valence-electron chi connectivity index (χ2n) is 2.99. The maximum atomic E-state index is 11.2. The van der Waals surface area contributed by atoms with Crippen LogP contribution in [-0.4, -0.2) is 37.0 Å². The van der Waals surface area contributed by atoms with Gasteiger partial charge in [0.05, 0.1) is 12.5 Å². The summed E-state index contributed by atoms with van der Waals surface area (Å²) >= 11 is 0. The highest BCUT2D eigenvalue weighted by Crippen LogP contribution is 2.13. The van der Waals surface area contributed by atoms with E-state index in [1.807, 2.05) is 6.92 Å². The number of likely N-dealkylation sites (tertiary alicyclic amines) is 1. The third-order valence-corrected chi connectivity index (χ3v) is 1.99. The fourth-order valence-electron chi connectivity index (χ4n) is 1.31. The second-order valence-corrected chi connectivity index (χ2v) is 2.99. The van der Waals surface area contributed by atoms with Gasteiger partial charge in [-0.1, -0.05) is 5.92 Å². The average molecular weight is 166 g/mol. The van der Waals surface area contributed by atoms with Crippen LogP contribution < -0.4 is 5.32 Å². The van der Waals surface area contributed by atoms with Crippen LogP contribution in [0.25, 0.3) is 0 Å². The Morgan fingerprint density at radius 1 is 1.75 bits per heavy atom. The van der Waals surface area contributed by atoms with Crippen molar-refractivity contribution in [1.82, 2.24) is 10.2 Å². The molecule has 12 heavy (non-hydrogen) atoms. The number of amides is 1. The first kappa shape index (κ1) is 9.08. The summed E-state index contributed by atoms with van der Waals surface area (Å²) in [6.07, 6.45) is 5.13. The first-order chi connectivity index (χ1) is 5.77. The van der Waals surface area contributed by atoms with Crippen LogP contribution in [0.15, 0.2) is 0 Å². The predicted octanol–water partition coefficient (Wildman–Crippen LogP) is -0.312. The van der Waals surface area contributed by atoms with E-state index in [1.54, 1.807) is 0 Å². The number of carbonyl (C=O) groups is 1. The Labute approximate surface area is 73.1 Å². The van der Waals surface area contributed by atoms with E-state index >= 15 is 0 Å². The molecule has 0 radical (unpaired) electrons. The maximum absolute atomic E-state index is 11.2. The predicted molar refractivity (Wildman–Crippen MR) is 47.4 cm³/mol. The molecule has 0 aromatic carbocycles. The molecule has 0 atom stereocenters. The fraction of sp³-hybridized carbons (Fsp3) is 0.667. The van der Waals surface area contributed by atoms with E-state index in [0.29, 0.717) is 13.1 Å². The number of hydrogen-bond donors (Lipinski definition) is 1. The minimum Gasteiger partial charge on any atom is -0.356 e. The van der Waals surface area contributed by atoms with Gasteiger partial charge in [0.2, 0.25) is 5.91 Å². The summed E-state index contributed by atoms with van der Waals surface area (Å²) in [7, 11) is 0. The Morgan fingerprint density at radius 3 is 2.92 bits per heavy atom. The quantitative estimate of drug-likeness (QED) is 0.583. The minimum absolute atomic E-state index is 0.158. The van der Waals surface area contributed by atoms with E-state index in [0.717, 1.165) is 13.1 Å². The lowest BCUT2D eigenvalue weighted by Crippen LogP contribution is -2.53. The first-order valence-corrected chi connectivity index (χ1v) is 4.21. The highest BCUT2D eigenvalue weighted by Gasteiger charge is 2.31. The number of carbonyl (C=O) groups excluding carboxylic acids is 1. The molecule has 1 amide bonds. The Bertz CT molecular complexity index is 201. The topological polar surface area (TPSA) is 32.3 Å². The van der Waals surface area contributed by atoms with Gasteiger partial charge >= 0.3 is 0 Å². The fourth-order valence-corrected chi connectivity index (χ4v) is 1.31.